The number of carboxylic acids is 1. The van der Waals surface area contributed by atoms with Crippen LogP contribution >= 0.6 is 0 Å². The van der Waals surface area contributed by atoms with Gasteiger partial charge in [0.1, 0.15) is 11.6 Å². The smallest absolute Gasteiger partial charge is 0.305 e. The Hall–Kier alpha value is -1.49. The fourth-order valence-electron chi connectivity index (χ4n) is 1.18. The van der Waals surface area contributed by atoms with Crippen LogP contribution in [-0.4, -0.2) is 11.1 Å². The monoisotopic (exact) mass is 215 g/mol. The zero-order valence-electron chi connectivity index (χ0n) is 8.13. The second-order valence-corrected chi connectivity index (χ2v) is 3.31. The zero-order valence-corrected chi connectivity index (χ0v) is 8.13. The molecule has 0 aliphatic heterocycles. The molecule has 0 aromatic heterocycles. The third kappa shape index (κ3) is 2.73. The van der Waals surface area contributed by atoms with Gasteiger partial charge in [-0.15, -0.1) is 0 Å². The van der Waals surface area contributed by atoms with Gasteiger partial charge < -0.3 is 10.8 Å². The van der Waals surface area contributed by atoms with E-state index in [1.165, 1.54) is 6.92 Å². The zero-order chi connectivity index (χ0) is 11.6. The Balaban J connectivity index is 3.00. The maximum Gasteiger partial charge on any atom is 0.305 e. The van der Waals surface area contributed by atoms with Crippen molar-refractivity contribution in [2.24, 2.45) is 5.73 Å². The van der Waals surface area contributed by atoms with Gasteiger partial charge in [-0.1, -0.05) is 0 Å². The molecule has 3 nitrogen and oxygen atoms in total. The summed E-state index contributed by atoms with van der Waals surface area (Å²) < 4.78 is 26.2. The van der Waals surface area contributed by atoms with Gasteiger partial charge in [0.05, 0.1) is 6.42 Å². The molecule has 0 bridgehead atoms. The van der Waals surface area contributed by atoms with Crippen molar-refractivity contribution in [3.63, 3.8) is 0 Å². The molecule has 3 N–H and O–H groups in total. The van der Waals surface area contributed by atoms with Crippen molar-refractivity contribution in [2.75, 3.05) is 0 Å². The largest absolute Gasteiger partial charge is 0.481 e. The van der Waals surface area contributed by atoms with Crippen LogP contribution < -0.4 is 5.73 Å². The highest BCUT2D eigenvalue weighted by molar-refractivity contribution is 5.67. The van der Waals surface area contributed by atoms with Crippen LogP contribution in [0.25, 0.3) is 0 Å². The first-order valence-corrected chi connectivity index (χ1v) is 4.34. The van der Waals surface area contributed by atoms with Crippen LogP contribution in [0.5, 0.6) is 0 Å². The SMILES string of the molecule is Cc1c(F)cc(C(N)CC(=O)O)cc1F. The van der Waals surface area contributed by atoms with Crippen molar-refractivity contribution in [3.8, 4) is 0 Å². The van der Waals surface area contributed by atoms with Crippen molar-refractivity contribution >= 4 is 5.97 Å². The molecule has 0 radical (unpaired) electrons. The molecule has 0 saturated carbocycles. The fraction of sp³-hybridized carbons (Fsp3) is 0.300. The average Bonchev–Trinajstić information content (AvgIpc) is 2.12. The first-order chi connectivity index (χ1) is 6.91. The molecule has 0 aliphatic carbocycles. The Morgan fingerprint density at radius 1 is 1.47 bits per heavy atom. The van der Waals surface area contributed by atoms with E-state index in [4.69, 9.17) is 10.8 Å². The summed E-state index contributed by atoms with van der Waals surface area (Å²) in [5, 5.41) is 8.47. The fourth-order valence-corrected chi connectivity index (χ4v) is 1.18. The van der Waals surface area contributed by atoms with Gasteiger partial charge in [0.2, 0.25) is 0 Å². The van der Waals surface area contributed by atoms with Crippen LogP contribution in [0.4, 0.5) is 8.78 Å². The van der Waals surface area contributed by atoms with E-state index in [9.17, 15) is 13.6 Å². The average molecular weight is 215 g/mol. The lowest BCUT2D eigenvalue weighted by Crippen LogP contribution is -2.15. The Kier molecular flexibility index (Phi) is 3.36. The van der Waals surface area contributed by atoms with E-state index in [-0.39, 0.29) is 17.5 Å². The van der Waals surface area contributed by atoms with Gasteiger partial charge in [0.15, 0.2) is 0 Å². The summed E-state index contributed by atoms with van der Waals surface area (Å²) in [6, 6.07) is 1.23. The Bertz CT molecular complexity index is 370. The van der Waals surface area contributed by atoms with Gasteiger partial charge in [0.25, 0.3) is 0 Å². The summed E-state index contributed by atoms with van der Waals surface area (Å²) in [5.74, 6) is -2.54. The molecule has 5 heteroatoms. The molecule has 0 aliphatic rings. The Morgan fingerprint density at radius 3 is 2.33 bits per heavy atom. The summed E-state index contributed by atoms with van der Waals surface area (Å²) in [7, 11) is 0. The molecular weight excluding hydrogens is 204 g/mol. The molecule has 0 amide bonds. The maximum absolute atomic E-state index is 13.1. The van der Waals surface area contributed by atoms with Crippen molar-refractivity contribution in [1.29, 1.82) is 0 Å². The van der Waals surface area contributed by atoms with E-state index in [2.05, 4.69) is 0 Å². The quantitative estimate of drug-likeness (QED) is 0.807. The molecule has 82 valence electrons. The number of carbonyl (C=O) groups is 1. The topological polar surface area (TPSA) is 63.3 Å². The summed E-state index contributed by atoms with van der Waals surface area (Å²) in [5.41, 5.74) is 5.52. The van der Waals surface area contributed by atoms with Gasteiger partial charge >= 0.3 is 5.97 Å². The highest BCUT2D eigenvalue weighted by Crippen LogP contribution is 2.20. The van der Waals surface area contributed by atoms with Crippen LogP contribution in [-0.2, 0) is 4.79 Å². The number of rotatable bonds is 3. The lowest BCUT2D eigenvalue weighted by molar-refractivity contribution is -0.137. The molecule has 0 saturated heterocycles. The molecule has 0 heterocycles. The van der Waals surface area contributed by atoms with Gasteiger partial charge in [-0.25, -0.2) is 8.78 Å². The van der Waals surface area contributed by atoms with Gasteiger partial charge in [0, 0.05) is 11.6 Å². The molecule has 1 aromatic rings. The lowest BCUT2D eigenvalue weighted by atomic mass is 10.0. The second-order valence-electron chi connectivity index (χ2n) is 3.31. The summed E-state index contributed by atoms with van der Waals surface area (Å²) in [6.45, 7) is 1.30. The standard InChI is InChI=1S/C10H11F2NO2/c1-5-7(11)2-6(3-8(5)12)9(13)4-10(14)15/h2-3,9H,4,13H2,1H3,(H,14,15). The minimum Gasteiger partial charge on any atom is -0.481 e. The molecule has 15 heavy (non-hydrogen) atoms. The van der Waals surface area contributed by atoms with E-state index >= 15 is 0 Å². The van der Waals surface area contributed by atoms with Crippen LogP contribution in [0.15, 0.2) is 12.1 Å². The predicted octanol–water partition coefficient (Wildman–Crippen LogP) is 1.75. The van der Waals surface area contributed by atoms with Crippen LogP contribution in [0.2, 0.25) is 0 Å². The van der Waals surface area contributed by atoms with Gasteiger partial charge in [-0.2, -0.15) is 0 Å². The van der Waals surface area contributed by atoms with Crippen LogP contribution in [0.3, 0.4) is 0 Å². The number of aliphatic carboxylic acids is 1. The summed E-state index contributed by atoms with van der Waals surface area (Å²) >= 11 is 0. The highest BCUT2D eigenvalue weighted by atomic mass is 19.1. The van der Waals surface area contributed by atoms with Crippen molar-refractivity contribution in [2.45, 2.75) is 19.4 Å². The molecule has 0 fully saturated rings. The van der Waals surface area contributed by atoms with Gasteiger partial charge in [-0.05, 0) is 24.6 Å². The van der Waals surface area contributed by atoms with E-state index in [1.54, 1.807) is 0 Å². The normalized spacial score (nSPS) is 12.5. The predicted molar refractivity (Wildman–Crippen MR) is 50.3 cm³/mol. The van der Waals surface area contributed by atoms with Gasteiger partial charge in [-0.3, -0.25) is 4.79 Å². The third-order valence-electron chi connectivity index (χ3n) is 2.13. The van der Waals surface area contributed by atoms with E-state index in [0.29, 0.717) is 0 Å². The van der Waals surface area contributed by atoms with Crippen molar-refractivity contribution in [1.82, 2.24) is 0 Å². The number of hydrogen-bond donors (Lipinski definition) is 2. The Labute approximate surface area is 85.5 Å². The van der Waals surface area contributed by atoms with Crippen LogP contribution in [0, 0.1) is 18.6 Å². The number of hydrogen-bond acceptors (Lipinski definition) is 2. The third-order valence-corrected chi connectivity index (χ3v) is 2.13. The van der Waals surface area contributed by atoms with E-state index < -0.39 is 23.6 Å². The minimum atomic E-state index is -1.11. The molecule has 1 aromatic carbocycles. The van der Waals surface area contributed by atoms with Crippen molar-refractivity contribution in [3.05, 3.63) is 34.9 Å². The number of benzene rings is 1. The number of nitrogens with two attached hydrogens (primary N) is 1. The lowest BCUT2D eigenvalue weighted by Gasteiger charge is -2.10. The molecule has 0 spiro atoms. The van der Waals surface area contributed by atoms with E-state index in [1.807, 2.05) is 0 Å². The van der Waals surface area contributed by atoms with Crippen molar-refractivity contribution < 1.29 is 18.7 Å². The number of halogens is 2. The Morgan fingerprint density at radius 2 is 1.93 bits per heavy atom. The second kappa shape index (κ2) is 4.35. The molecule has 1 unspecified atom stereocenters. The first-order valence-electron chi connectivity index (χ1n) is 4.34. The molecule has 1 atom stereocenters. The van der Waals surface area contributed by atoms with Crippen LogP contribution in [0.1, 0.15) is 23.6 Å². The highest BCUT2D eigenvalue weighted by Gasteiger charge is 2.14. The maximum atomic E-state index is 13.1. The molecule has 1 rings (SSSR count). The van der Waals surface area contributed by atoms with E-state index in [0.717, 1.165) is 12.1 Å². The summed E-state index contributed by atoms with van der Waals surface area (Å²) in [6.07, 6.45) is -0.359. The number of carboxylic acid groups (broad SMARTS) is 1. The first kappa shape index (κ1) is 11.6. The minimum absolute atomic E-state index is 0.0960. The molecular formula is C10H11F2NO2. The summed E-state index contributed by atoms with van der Waals surface area (Å²) in [4.78, 5) is 10.4.